The van der Waals surface area contributed by atoms with Crippen LogP contribution in [0, 0.1) is 0 Å². The molecule has 0 fully saturated rings. The zero-order valence-electron chi connectivity index (χ0n) is 10.3. The van der Waals surface area contributed by atoms with Crippen LogP contribution in [0.5, 0.6) is 0 Å². The second-order valence-corrected chi connectivity index (χ2v) is 4.87. The number of alkyl halides is 3. The van der Waals surface area contributed by atoms with E-state index in [9.17, 15) is 13.2 Å². The van der Waals surface area contributed by atoms with Crippen LogP contribution >= 0.6 is 11.8 Å². The first-order chi connectivity index (χ1) is 9.00. The molecule has 7 heteroatoms. The van der Waals surface area contributed by atoms with E-state index in [0.717, 1.165) is 36.0 Å². The maximum Gasteiger partial charge on any atom is 0.416 e. The van der Waals surface area contributed by atoms with Crippen molar-refractivity contribution in [1.29, 1.82) is 0 Å². The Labute approximate surface area is 113 Å². The van der Waals surface area contributed by atoms with E-state index < -0.39 is 11.7 Å². The van der Waals surface area contributed by atoms with Crippen LogP contribution in [0.3, 0.4) is 0 Å². The topological polar surface area (TPSA) is 36.4 Å². The molecule has 1 aliphatic heterocycles. The molecule has 2 N–H and O–H groups in total. The van der Waals surface area contributed by atoms with Gasteiger partial charge in [0, 0.05) is 17.1 Å². The third-order valence-corrected chi connectivity index (χ3v) is 3.51. The molecule has 3 nitrogen and oxygen atoms in total. The smallest absolute Gasteiger partial charge is 0.377 e. The highest BCUT2D eigenvalue weighted by Gasteiger charge is 2.31. The Morgan fingerprint density at radius 3 is 2.79 bits per heavy atom. The van der Waals surface area contributed by atoms with Crippen LogP contribution in [0.25, 0.3) is 0 Å². The molecule has 1 aromatic carbocycles. The van der Waals surface area contributed by atoms with Crippen molar-refractivity contribution >= 4 is 23.3 Å². The second kappa shape index (κ2) is 5.73. The Balaban J connectivity index is 2.16. The van der Waals surface area contributed by atoms with E-state index >= 15 is 0 Å². The third kappa shape index (κ3) is 3.56. The van der Waals surface area contributed by atoms with Crippen molar-refractivity contribution in [3.63, 3.8) is 0 Å². The Morgan fingerprint density at radius 2 is 2.21 bits per heavy atom. The molecule has 0 bridgehead atoms. The van der Waals surface area contributed by atoms with Crippen LogP contribution in [-0.2, 0) is 6.18 Å². The fraction of sp³-hybridized carbons (Fsp3) is 0.417. The van der Waals surface area contributed by atoms with E-state index in [1.807, 2.05) is 6.26 Å². The lowest BCUT2D eigenvalue weighted by molar-refractivity contribution is -0.137. The van der Waals surface area contributed by atoms with Gasteiger partial charge in [-0.3, -0.25) is 4.99 Å². The summed E-state index contributed by atoms with van der Waals surface area (Å²) >= 11 is 1.41. The van der Waals surface area contributed by atoms with Crippen molar-refractivity contribution in [2.24, 2.45) is 4.99 Å². The number of nitrogens with zero attached hydrogens (tertiary/aromatic N) is 1. The van der Waals surface area contributed by atoms with Crippen LogP contribution in [0.2, 0.25) is 0 Å². The van der Waals surface area contributed by atoms with Crippen molar-refractivity contribution in [3.8, 4) is 0 Å². The summed E-state index contributed by atoms with van der Waals surface area (Å²) in [6.07, 6.45) is -2.49. The Hall–Kier alpha value is -1.37. The van der Waals surface area contributed by atoms with Gasteiger partial charge in [0.15, 0.2) is 0 Å². The normalized spacial score (nSPS) is 15.1. The highest BCUT2D eigenvalue weighted by Crippen LogP contribution is 2.34. The summed E-state index contributed by atoms with van der Waals surface area (Å²) in [4.78, 5) is 4.98. The molecule has 0 spiro atoms. The number of hydrogen-bond donors (Lipinski definition) is 2. The lowest BCUT2D eigenvalue weighted by atomic mass is 10.2. The average molecular weight is 289 g/mol. The van der Waals surface area contributed by atoms with Crippen LogP contribution in [-0.4, -0.2) is 31.7 Å². The minimum Gasteiger partial charge on any atom is -0.377 e. The molecule has 0 saturated heterocycles. The molecule has 1 aliphatic rings. The summed E-state index contributed by atoms with van der Waals surface area (Å²) in [7, 11) is 0. The molecule has 0 amide bonds. The number of amidine groups is 1. The fourth-order valence-electron chi connectivity index (χ4n) is 1.77. The third-order valence-electron chi connectivity index (χ3n) is 2.72. The molecule has 104 valence electrons. The Kier molecular flexibility index (Phi) is 4.24. The predicted molar refractivity (Wildman–Crippen MR) is 72.0 cm³/mol. The molecule has 0 radical (unpaired) electrons. The number of thioether (sulfide) groups is 1. The van der Waals surface area contributed by atoms with Crippen LogP contribution in [0.1, 0.15) is 5.56 Å². The molecular formula is C12H14F3N3S. The SMILES string of the molecule is CSc1ccc(C(F)(F)F)cc1NCC1=NCCN1. The van der Waals surface area contributed by atoms with Gasteiger partial charge in [-0.2, -0.15) is 13.2 Å². The van der Waals surface area contributed by atoms with Gasteiger partial charge in [-0.15, -0.1) is 11.8 Å². The Bertz CT molecular complexity index is 486. The van der Waals surface area contributed by atoms with Crippen LogP contribution in [0.15, 0.2) is 28.1 Å². The van der Waals surface area contributed by atoms with E-state index in [1.165, 1.54) is 17.8 Å². The van der Waals surface area contributed by atoms with Gasteiger partial charge in [-0.05, 0) is 24.5 Å². The van der Waals surface area contributed by atoms with E-state index in [1.54, 1.807) is 0 Å². The van der Waals surface area contributed by atoms with Gasteiger partial charge in [0.1, 0.15) is 5.84 Å². The van der Waals surface area contributed by atoms with Crippen LogP contribution in [0.4, 0.5) is 18.9 Å². The number of nitrogens with one attached hydrogen (secondary N) is 2. The molecule has 1 aromatic rings. The lowest BCUT2D eigenvalue weighted by Gasteiger charge is -2.14. The van der Waals surface area contributed by atoms with Gasteiger partial charge in [0.25, 0.3) is 0 Å². The zero-order chi connectivity index (χ0) is 13.9. The molecule has 0 saturated carbocycles. The van der Waals surface area contributed by atoms with Crippen molar-refractivity contribution in [1.82, 2.24) is 5.32 Å². The summed E-state index contributed by atoms with van der Waals surface area (Å²) in [5.41, 5.74) is -0.159. The lowest BCUT2D eigenvalue weighted by Crippen LogP contribution is -2.26. The molecule has 2 rings (SSSR count). The van der Waals surface area contributed by atoms with E-state index in [-0.39, 0.29) is 0 Å². The number of halogens is 3. The number of benzene rings is 1. The highest BCUT2D eigenvalue weighted by atomic mass is 32.2. The summed E-state index contributed by atoms with van der Waals surface area (Å²) in [6, 6.07) is 3.73. The molecule has 0 aliphatic carbocycles. The molecule has 0 unspecified atom stereocenters. The molecule has 0 atom stereocenters. The molecular weight excluding hydrogens is 275 g/mol. The van der Waals surface area contributed by atoms with Gasteiger partial charge >= 0.3 is 6.18 Å². The minimum atomic E-state index is -4.32. The van der Waals surface area contributed by atoms with Gasteiger partial charge in [0.2, 0.25) is 0 Å². The first-order valence-electron chi connectivity index (χ1n) is 5.77. The van der Waals surface area contributed by atoms with Crippen molar-refractivity contribution < 1.29 is 13.2 Å². The number of aliphatic imine (C=N–C) groups is 1. The molecule has 19 heavy (non-hydrogen) atoms. The average Bonchev–Trinajstić information content (AvgIpc) is 2.88. The number of hydrogen-bond acceptors (Lipinski definition) is 4. The molecule has 0 aromatic heterocycles. The van der Waals surface area contributed by atoms with E-state index in [2.05, 4.69) is 15.6 Å². The van der Waals surface area contributed by atoms with Crippen molar-refractivity contribution in [3.05, 3.63) is 23.8 Å². The van der Waals surface area contributed by atoms with Gasteiger partial charge in [0.05, 0.1) is 18.7 Å². The largest absolute Gasteiger partial charge is 0.416 e. The standard InChI is InChI=1S/C12H14F3N3S/c1-19-10-3-2-8(12(13,14)15)6-9(10)18-7-11-16-4-5-17-11/h2-3,6,18H,4-5,7H2,1H3,(H,16,17). The minimum absolute atomic E-state index is 0.412. The maximum atomic E-state index is 12.7. The van der Waals surface area contributed by atoms with Gasteiger partial charge < -0.3 is 10.6 Å². The van der Waals surface area contributed by atoms with Crippen LogP contribution < -0.4 is 10.6 Å². The van der Waals surface area contributed by atoms with Crippen molar-refractivity contribution in [2.45, 2.75) is 11.1 Å². The summed E-state index contributed by atoms with van der Waals surface area (Å²) in [6.45, 7) is 1.92. The van der Waals surface area contributed by atoms with Gasteiger partial charge in [-0.25, -0.2) is 0 Å². The monoisotopic (exact) mass is 289 g/mol. The highest BCUT2D eigenvalue weighted by molar-refractivity contribution is 7.98. The first-order valence-corrected chi connectivity index (χ1v) is 6.99. The Morgan fingerprint density at radius 1 is 1.42 bits per heavy atom. The molecule has 1 heterocycles. The summed E-state index contributed by atoms with van der Waals surface area (Å²) < 4.78 is 38.0. The van der Waals surface area contributed by atoms with E-state index in [4.69, 9.17) is 0 Å². The predicted octanol–water partition coefficient (Wildman–Crippen LogP) is 2.84. The quantitative estimate of drug-likeness (QED) is 0.837. The summed E-state index contributed by atoms with van der Waals surface area (Å²) in [5, 5.41) is 6.07. The number of anilines is 1. The van der Waals surface area contributed by atoms with E-state index in [0.29, 0.717) is 12.2 Å². The number of rotatable bonds is 4. The second-order valence-electron chi connectivity index (χ2n) is 4.02. The fourth-order valence-corrected chi connectivity index (χ4v) is 2.32. The summed E-state index contributed by atoms with van der Waals surface area (Å²) in [5.74, 6) is 0.782. The maximum absolute atomic E-state index is 12.7. The zero-order valence-corrected chi connectivity index (χ0v) is 11.2. The van der Waals surface area contributed by atoms with Gasteiger partial charge in [-0.1, -0.05) is 0 Å². The first kappa shape index (κ1) is 14.0. The van der Waals surface area contributed by atoms with Crippen molar-refractivity contribution in [2.75, 3.05) is 31.2 Å².